The van der Waals surface area contributed by atoms with Crippen molar-refractivity contribution in [2.45, 2.75) is 32.0 Å². The van der Waals surface area contributed by atoms with Crippen molar-refractivity contribution < 1.29 is 19.0 Å². The van der Waals surface area contributed by atoms with Crippen LogP contribution in [0.25, 0.3) is 0 Å². The molecule has 9 heteroatoms. The maximum absolute atomic E-state index is 13.2. The van der Waals surface area contributed by atoms with Crippen molar-refractivity contribution in [3.05, 3.63) is 50.9 Å². The number of rotatable bonds is 3. The fourth-order valence-corrected chi connectivity index (χ4v) is 2.83. The summed E-state index contributed by atoms with van der Waals surface area (Å²) in [7, 11) is 0. The first kappa shape index (κ1) is 15.5. The van der Waals surface area contributed by atoms with E-state index in [1.54, 1.807) is 0 Å². The Labute approximate surface area is 134 Å². The lowest BCUT2D eigenvalue weighted by Gasteiger charge is -2.21. The van der Waals surface area contributed by atoms with Gasteiger partial charge in [0.05, 0.1) is 11.6 Å². The number of benzene rings is 1. The third kappa shape index (κ3) is 3.07. The Bertz CT molecular complexity index is 817. The number of hydrogen-bond acceptors (Lipinski definition) is 4. The highest BCUT2D eigenvalue weighted by atomic mass is 35.5. The van der Waals surface area contributed by atoms with Crippen molar-refractivity contribution in [1.29, 1.82) is 0 Å². The molecule has 1 N–H and O–H groups in total. The molecule has 0 saturated carbocycles. The molecule has 1 aromatic carbocycles. The summed E-state index contributed by atoms with van der Waals surface area (Å²) in [6.45, 7) is 0.110. The highest BCUT2D eigenvalue weighted by Crippen LogP contribution is 2.23. The van der Waals surface area contributed by atoms with Gasteiger partial charge in [0.25, 0.3) is 0 Å². The van der Waals surface area contributed by atoms with Crippen LogP contribution in [0.1, 0.15) is 30.5 Å². The summed E-state index contributed by atoms with van der Waals surface area (Å²) in [6.07, 6.45) is -0.641. The molecule has 1 atom stereocenters. The molecule has 0 spiro atoms. The number of ether oxygens (including phenoxy) is 1. The normalized spacial score (nSPS) is 16.9. The van der Waals surface area contributed by atoms with Gasteiger partial charge in [-0.25, -0.2) is 23.2 Å². The van der Waals surface area contributed by atoms with E-state index < -0.39 is 23.9 Å². The fraction of sp³-hybridized carbons (Fsp3) is 0.357. The van der Waals surface area contributed by atoms with Crippen molar-refractivity contribution in [3.8, 4) is 0 Å². The first-order chi connectivity index (χ1) is 11.0. The van der Waals surface area contributed by atoms with E-state index in [2.05, 4.69) is 5.10 Å². The number of aryl methyl sites for hydroxylation is 1. The summed E-state index contributed by atoms with van der Waals surface area (Å²) in [5, 5.41) is 12.9. The number of nitrogens with zero attached hydrogens (tertiary/aromatic N) is 3. The number of carbonyl (C=O) groups is 1. The molecule has 1 aliphatic heterocycles. The van der Waals surface area contributed by atoms with Crippen LogP contribution in [-0.4, -0.2) is 25.6 Å². The zero-order valence-corrected chi connectivity index (χ0v) is 12.7. The molecule has 122 valence electrons. The average Bonchev–Trinajstić information content (AvgIpc) is 2.80. The van der Waals surface area contributed by atoms with Gasteiger partial charge in [-0.15, -0.1) is 0 Å². The zero-order valence-electron chi connectivity index (χ0n) is 11.9. The van der Waals surface area contributed by atoms with Crippen LogP contribution in [0.5, 0.6) is 0 Å². The predicted molar refractivity (Wildman–Crippen MR) is 78.1 cm³/mol. The summed E-state index contributed by atoms with van der Waals surface area (Å²) in [5.41, 5.74) is 0.149. The number of aromatic nitrogens is 3. The van der Waals surface area contributed by atoms with Gasteiger partial charge in [-0.3, -0.25) is 0 Å². The van der Waals surface area contributed by atoms with Gasteiger partial charge in [0.2, 0.25) is 0 Å². The largest absolute Gasteiger partial charge is 0.507 e. The van der Waals surface area contributed by atoms with Crippen LogP contribution >= 0.6 is 11.6 Å². The van der Waals surface area contributed by atoms with Gasteiger partial charge in [-0.2, -0.15) is 5.10 Å². The molecule has 7 nitrogen and oxygen atoms in total. The first-order valence-corrected chi connectivity index (χ1v) is 7.35. The lowest BCUT2D eigenvalue weighted by Crippen LogP contribution is -2.33. The molecule has 0 amide bonds. The molecule has 0 aliphatic carbocycles. The minimum absolute atomic E-state index is 0.0355. The molecule has 0 fully saturated rings. The number of carboxylic acid groups (broad SMARTS) is 1. The SMILES string of the molecule is O=C(O)O[C@H]1CCCc2nn(Cc3ccc(F)c(Cl)c3)c(=O)n21. The Morgan fingerprint density at radius 1 is 1.52 bits per heavy atom. The van der Waals surface area contributed by atoms with Crippen LogP contribution in [0.15, 0.2) is 23.0 Å². The van der Waals surface area contributed by atoms with Gasteiger partial charge in [-0.05, 0) is 24.1 Å². The number of halogens is 2. The summed E-state index contributed by atoms with van der Waals surface area (Å²) in [5.74, 6) is -0.0671. The predicted octanol–water partition coefficient (Wildman–Crippen LogP) is 2.42. The monoisotopic (exact) mass is 341 g/mol. The average molecular weight is 342 g/mol. The van der Waals surface area contributed by atoms with Crippen LogP contribution in [-0.2, 0) is 17.7 Å². The summed E-state index contributed by atoms with van der Waals surface area (Å²) in [4.78, 5) is 23.2. The van der Waals surface area contributed by atoms with E-state index in [0.717, 1.165) is 0 Å². The van der Waals surface area contributed by atoms with Crippen molar-refractivity contribution in [3.63, 3.8) is 0 Å². The number of fused-ring (bicyclic) bond motifs is 1. The van der Waals surface area contributed by atoms with Gasteiger partial charge in [0.15, 0.2) is 6.23 Å². The topological polar surface area (TPSA) is 86.3 Å². The molecular formula is C14H13ClFN3O4. The van der Waals surface area contributed by atoms with Crippen molar-refractivity contribution in [1.82, 2.24) is 14.3 Å². The molecule has 23 heavy (non-hydrogen) atoms. The van der Waals surface area contributed by atoms with Crippen molar-refractivity contribution >= 4 is 17.8 Å². The Morgan fingerprint density at radius 3 is 3.00 bits per heavy atom. The standard InChI is InChI=1S/C14H13ClFN3O4/c15-9-6-8(4-5-10(9)16)7-18-13(20)19-11(17-18)2-1-3-12(19)23-14(21)22/h4-6,12H,1-3,7H2,(H,21,22)/t12-/m0/s1. The minimum atomic E-state index is -1.44. The van der Waals surface area contributed by atoms with E-state index in [0.29, 0.717) is 30.7 Å². The lowest BCUT2D eigenvalue weighted by atomic mass is 10.1. The maximum Gasteiger partial charge on any atom is 0.507 e. The zero-order chi connectivity index (χ0) is 16.6. The highest BCUT2D eigenvalue weighted by Gasteiger charge is 2.28. The molecule has 1 aliphatic rings. The van der Waals surface area contributed by atoms with Gasteiger partial charge >= 0.3 is 11.8 Å². The Morgan fingerprint density at radius 2 is 2.30 bits per heavy atom. The molecular weight excluding hydrogens is 329 g/mol. The van der Waals surface area contributed by atoms with Crippen LogP contribution in [0.2, 0.25) is 5.02 Å². The molecule has 1 aromatic heterocycles. The second kappa shape index (κ2) is 6.04. The van der Waals surface area contributed by atoms with E-state index >= 15 is 0 Å². The molecule has 0 bridgehead atoms. The van der Waals surface area contributed by atoms with Crippen LogP contribution in [0, 0.1) is 5.82 Å². The smallest absolute Gasteiger partial charge is 0.450 e. The second-order valence-electron chi connectivity index (χ2n) is 5.21. The van der Waals surface area contributed by atoms with E-state index in [-0.39, 0.29) is 11.6 Å². The van der Waals surface area contributed by atoms with Gasteiger partial charge in [-0.1, -0.05) is 17.7 Å². The Hall–Kier alpha value is -2.35. The Kier molecular flexibility index (Phi) is 4.08. The third-order valence-corrected chi connectivity index (χ3v) is 3.92. The van der Waals surface area contributed by atoms with Gasteiger partial charge < -0.3 is 9.84 Å². The van der Waals surface area contributed by atoms with Crippen molar-refractivity contribution in [2.75, 3.05) is 0 Å². The lowest BCUT2D eigenvalue weighted by molar-refractivity contribution is 0.00392. The van der Waals surface area contributed by atoms with E-state index in [1.165, 1.54) is 27.4 Å². The summed E-state index contributed by atoms with van der Waals surface area (Å²) >= 11 is 5.73. The minimum Gasteiger partial charge on any atom is -0.450 e. The third-order valence-electron chi connectivity index (χ3n) is 3.63. The molecule has 3 rings (SSSR count). The summed E-state index contributed by atoms with van der Waals surface area (Å²) in [6, 6.07) is 4.15. The maximum atomic E-state index is 13.2. The molecule has 0 saturated heterocycles. The second-order valence-corrected chi connectivity index (χ2v) is 5.61. The van der Waals surface area contributed by atoms with Crippen LogP contribution in [0.3, 0.4) is 0 Å². The van der Waals surface area contributed by atoms with E-state index in [1.807, 2.05) is 0 Å². The quantitative estimate of drug-likeness (QED) is 0.866. The first-order valence-electron chi connectivity index (χ1n) is 6.97. The van der Waals surface area contributed by atoms with E-state index in [9.17, 15) is 14.0 Å². The summed E-state index contributed by atoms with van der Waals surface area (Å²) < 4.78 is 20.4. The fourth-order valence-electron chi connectivity index (χ4n) is 2.63. The van der Waals surface area contributed by atoms with Crippen LogP contribution in [0.4, 0.5) is 9.18 Å². The number of hydrogen-bond donors (Lipinski definition) is 1. The molecule has 0 unspecified atom stereocenters. The molecule has 0 radical (unpaired) electrons. The molecule has 2 aromatic rings. The van der Waals surface area contributed by atoms with Gasteiger partial charge in [0.1, 0.15) is 11.6 Å². The highest BCUT2D eigenvalue weighted by molar-refractivity contribution is 6.30. The molecule has 2 heterocycles. The van der Waals surface area contributed by atoms with Crippen molar-refractivity contribution in [2.24, 2.45) is 0 Å². The Balaban J connectivity index is 1.93. The van der Waals surface area contributed by atoms with Crippen LogP contribution < -0.4 is 5.69 Å². The van der Waals surface area contributed by atoms with E-state index in [4.69, 9.17) is 21.4 Å². The van der Waals surface area contributed by atoms with Gasteiger partial charge in [0, 0.05) is 12.8 Å².